The quantitative estimate of drug-likeness (QED) is 0.575. The maximum Gasteiger partial charge on any atom is 0.416 e. The zero-order valence-electron chi connectivity index (χ0n) is 15.9. The van der Waals surface area contributed by atoms with E-state index >= 15 is 0 Å². The van der Waals surface area contributed by atoms with Crippen LogP contribution in [0.25, 0.3) is 0 Å². The van der Waals surface area contributed by atoms with Gasteiger partial charge in [-0.2, -0.15) is 13.2 Å². The number of ether oxygens (including phenoxy) is 3. The molecule has 2 aliphatic heterocycles. The standard InChI is InChI=1S/C19H16F3N3O6/c20-19(21,22)11-1-2-14(24-3-5-29-6-4-24)13(7-11)23-18(26)12-8-16-17(31-10-30-16)9-15(12)25(27)28/h1-2,7-9H,3-6,10H2,(H,23,26). The minimum Gasteiger partial charge on any atom is -0.454 e. The van der Waals surface area contributed by atoms with Crippen LogP contribution in [0.4, 0.5) is 30.2 Å². The van der Waals surface area contributed by atoms with Gasteiger partial charge in [0.25, 0.3) is 11.6 Å². The average molecular weight is 439 g/mol. The molecule has 0 saturated carbocycles. The van der Waals surface area contributed by atoms with Gasteiger partial charge in [-0.05, 0) is 18.2 Å². The lowest BCUT2D eigenvalue weighted by atomic mass is 10.1. The number of hydrogen-bond acceptors (Lipinski definition) is 7. The van der Waals surface area contributed by atoms with Crippen LogP contribution in [0.15, 0.2) is 30.3 Å². The van der Waals surface area contributed by atoms with Gasteiger partial charge in [0.2, 0.25) is 6.79 Å². The molecule has 0 bridgehead atoms. The number of carbonyl (C=O) groups is 1. The third-order valence-corrected chi connectivity index (χ3v) is 4.86. The Labute approximate surface area is 173 Å². The molecule has 0 unspecified atom stereocenters. The Kier molecular flexibility index (Phi) is 5.31. The van der Waals surface area contributed by atoms with E-state index in [9.17, 15) is 28.1 Å². The van der Waals surface area contributed by atoms with E-state index in [0.29, 0.717) is 32.0 Å². The first-order valence-corrected chi connectivity index (χ1v) is 9.17. The van der Waals surface area contributed by atoms with Crippen LogP contribution in [0.5, 0.6) is 11.5 Å². The zero-order valence-corrected chi connectivity index (χ0v) is 15.9. The molecule has 0 aliphatic carbocycles. The molecule has 0 radical (unpaired) electrons. The first kappa shape index (κ1) is 20.7. The van der Waals surface area contributed by atoms with Gasteiger partial charge in [0, 0.05) is 19.2 Å². The van der Waals surface area contributed by atoms with Crippen molar-refractivity contribution in [3.8, 4) is 11.5 Å². The van der Waals surface area contributed by atoms with Crippen LogP contribution in [0.2, 0.25) is 0 Å². The predicted octanol–water partition coefficient (Wildman–Crippen LogP) is 3.43. The molecule has 12 heteroatoms. The molecule has 164 valence electrons. The minimum atomic E-state index is -4.63. The molecule has 1 saturated heterocycles. The Balaban J connectivity index is 1.72. The minimum absolute atomic E-state index is 0.108. The maximum absolute atomic E-state index is 13.3. The van der Waals surface area contributed by atoms with Crippen molar-refractivity contribution in [3.05, 3.63) is 51.6 Å². The van der Waals surface area contributed by atoms with Crippen molar-refractivity contribution in [2.45, 2.75) is 6.18 Å². The van der Waals surface area contributed by atoms with Gasteiger partial charge in [0.1, 0.15) is 5.56 Å². The van der Waals surface area contributed by atoms with Crippen LogP contribution in [0.3, 0.4) is 0 Å². The number of carbonyl (C=O) groups excluding carboxylic acids is 1. The highest BCUT2D eigenvalue weighted by Crippen LogP contribution is 2.39. The molecule has 2 aliphatic rings. The Morgan fingerprint density at radius 2 is 1.77 bits per heavy atom. The van der Waals surface area contributed by atoms with E-state index in [4.69, 9.17) is 14.2 Å². The third kappa shape index (κ3) is 4.19. The first-order valence-electron chi connectivity index (χ1n) is 9.17. The van der Waals surface area contributed by atoms with Crippen molar-refractivity contribution in [2.75, 3.05) is 43.3 Å². The van der Waals surface area contributed by atoms with Crippen molar-refractivity contribution < 1.29 is 37.1 Å². The van der Waals surface area contributed by atoms with Crippen LogP contribution in [-0.2, 0) is 10.9 Å². The molecule has 1 fully saturated rings. The summed E-state index contributed by atoms with van der Waals surface area (Å²) in [5.41, 5.74) is -1.64. The number of hydrogen-bond donors (Lipinski definition) is 1. The summed E-state index contributed by atoms with van der Waals surface area (Å²) < 4.78 is 55.3. The Bertz CT molecular complexity index is 1040. The van der Waals surface area contributed by atoms with E-state index in [0.717, 1.165) is 24.3 Å². The molecule has 0 atom stereocenters. The van der Waals surface area contributed by atoms with Crippen LogP contribution < -0.4 is 19.7 Å². The molecule has 1 N–H and O–H groups in total. The van der Waals surface area contributed by atoms with Gasteiger partial charge in [-0.3, -0.25) is 14.9 Å². The second-order valence-corrected chi connectivity index (χ2v) is 6.76. The lowest BCUT2D eigenvalue weighted by molar-refractivity contribution is -0.385. The van der Waals surface area contributed by atoms with E-state index in [2.05, 4.69) is 5.32 Å². The fourth-order valence-corrected chi connectivity index (χ4v) is 3.35. The van der Waals surface area contributed by atoms with Gasteiger partial charge >= 0.3 is 6.18 Å². The topological polar surface area (TPSA) is 103 Å². The smallest absolute Gasteiger partial charge is 0.416 e. The number of nitrogens with zero attached hydrogens (tertiary/aromatic N) is 2. The molecule has 1 amide bonds. The summed E-state index contributed by atoms with van der Waals surface area (Å²) in [5.74, 6) is -0.705. The fourth-order valence-electron chi connectivity index (χ4n) is 3.35. The number of alkyl halides is 3. The Hall–Kier alpha value is -3.54. The molecule has 9 nitrogen and oxygen atoms in total. The number of fused-ring (bicyclic) bond motifs is 1. The number of morpholine rings is 1. The van der Waals surface area contributed by atoms with E-state index in [1.54, 1.807) is 4.90 Å². The largest absolute Gasteiger partial charge is 0.454 e. The van der Waals surface area contributed by atoms with Crippen molar-refractivity contribution in [1.29, 1.82) is 0 Å². The summed E-state index contributed by atoms with van der Waals surface area (Å²) in [7, 11) is 0. The third-order valence-electron chi connectivity index (χ3n) is 4.86. The molecule has 31 heavy (non-hydrogen) atoms. The number of halogens is 3. The lowest BCUT2D eigenvalue weighted by Gasteiger charge is -2.31. The summed E-state index contributed by atoms with van der Waals surface area (Å²) in [6.45, 7) is 1.42. The summed E-state index contributed by atoms with van der Waals surface area (Å²) in [5, 5.41) is 13.8. The lowest BCUT2D eigenvalue weighted by Crippen LogP contribution is -2.36. The summed E-state index contributed by atoms with van der Waals surface area (Å²) in [6, 6.07) is 5.17. The maximum atomic E-state index is 13.3. The first-order chi connectivity index (χ1) is 14.7. The van der Waals surface area contributed by atoms with Gasteiger partial charge in [0.05, 0.1) is 41.1 Å². The normalized spacial score (nSPS) is 15.6. The monoisotopic (exact) mass is 439 g/mol. The van der Waals surface area contributed by atoms with Crippen LogP contribution >= 0.6 is 0 Å². The fraction of sp³-hybridized carbons (Fsp3) is 0.316. The second kappa shape index (κ2) is 7.95. The number of benzene rings is 2. The number of nitro groups is 1. The van der Waals surface area contributed by atoms with Crippen molar-refractivity contribution in [3.63, 3.8) is 0 Å². The van der Waals surface area contributed by atoms with Crippen LogP contribution in [-0.4, -0.2) is 43.9 Å². The summed E-state index contributed by atoms with van der Waals surface area (Å²) in [4.78, 5) is 25.3. The Morgan fingerprint density at radius 3 is 2.42 bits per heavy atom. The number of nitro benzene ring substituents is 1. The number of nitrogens with one attached hydrogen (secondary N) is 1. The molecular weight excluding hydrogens is 423 g/mol. The van der Waals surface area contributed by atoms with Crippen molar-refractivity contribution in [2.24, 2.45) is 0 Å². The predicted molar refractivity (Wildman–Crippen MR) is 102 cm³/mol. The van der Waals surface area contributed by atoms with Gasteiger partial charge < -0.3 is 24.4 Å². The summed E-state index contributed by atoms with van der Waals surface area (Å²) in [6.07, 6.45) is -4.63. The van der Waals surface area contributed by atoms with Gasteiger partial charge in [-0.25, -0.2) is 0 Å². The molecule has 2 aromatic carbocycles. The van der Waals surface area contributed by atoms with Crippen molar-refractivity contribution in [1.82, 2.24) is 0 Å². The van der Waals surface area contributed by atoms with Crippen LogP contribution in [0.1, 0.15) is 15.9 Å². The molecule has 2 heterocycles. The van der Waals surface area contributed by atoms with Crippen molar-refractivity contribution >= 4 is 23.0 Å². The van der Waals surface area contributed by atoms with E-state index in [1.807, 2.05) is 0 Å². The van der Waals surface area contributed by atoms with Gasteiger partial charge in [0.15, 0.2) is 11.5 Å². The number of amides is 1. The highest BCUT2D eigenvalue weighted by molar-refractivity contribution is 6.09. The SMILES string of the molecule is O=C(Nc1cc(C(F)(F)F)ccc1N1CCOCC1)c1cc2c(cc1[N+](=O)[O-])OCO2. The van der Waals surface area contributed by atoms with Gasteiger partial charge in [-0.15, -0.1) is 0 Å². The van der Waals surface area contributed by atoms with Gasteiger partial charge in [-0.1, -0.05) is 0 Å². The highest BCUT2D eigenvalue weighted by Gasteiger charge is 2.33. The second-order valence-electron chi connectivity index (χ2n) is 6.76. The average Bonchev–Trinajstić information content (AvgIpc) is 3.20. The zero-order chi connectivity index (χ0) is 22.2. The highest BCUT2D eigenvalue weighted by atomic mass is 19.4. The van der Waals surface area contributed by atoms with E-state index < -0.39 is 28.3 Å². The van der Waals surface area contributed by atoms with E-state index in [-0.39, 0.29) is 29.5 Å². The molecular formula is C19H16F3N3O6. The molecule has 4 rings (SSSR count). The number of anilines is 2. The molecule has 0 aromatic heterocycles. The molecule has 2 aromatic rings. The molecule has 0 spiro atoms. The summed E-state index contributed by atoms with van der Waals surface area (Å²) >= 11 is 0. The Morgan fingerprint density at radius 1 is 1.10 bits per heavy atom. The van der Waals surface area contributed by atoms with Crippen LogP contribution in [0, 0.1) is 10.1 Å². The number of rotatable bonds is 4. The van der Waals surface area contributed by atoms with E-state index in [1.165, 1.54) is 6.07 Å².